The lowest BCUT2D eigenvalue weighted by atomic mass is 10.1. The Labute approximate surface area is 234 Å². The van der Waals surface area contributed by atoms with Crippen molar-refractivity contribution in [1.82, 2.24) is 4.98 Å². The number of carbonyl (C=O) groups is 2. The second-order valence-electron chi connectivity index (χ2n) is 9.54. The van der Waals surface area contributed by atoms with E-state index in [0.717, 1.165) is 22.0 Å². The molecule has 7 heteroatoms. The van der Waals surface area contributed by atoms with Gasteiger partial charge in [-0.25, -0.2) is 4.79 Å². The molecule has 1 aliphatic rings. The number of ether oxygens (including phenoxy) is 3. The van der Waals surface area contributed by atoms with E-state index in [9.17, 15) is 9.59 Å². The number of para-hydroxylation sites is 1. The number of carbonyl (C=O) groups excluding carboxylic acids is 2. The first-order valence-electron chi connectivity index (χ1n) is 13.2. The lowest BCUT2D eigenvalue weighted by molar-refractivity contribution is 0.0736. The minimum atomic E-state index is -0.602. The first kappa shape index (κ1) is 24.5. The van der Waals surface area contributed by atoms with Crippen molar-refractivity contribution in [3.05, 3.63) is 120 Å². The van der Waals surface area contributed by atoms with Crippen LogP contribution >= 0.6 is 0 Å². The predicted octanol–water partition coefficient (Wildman–Crippen LogP) is 7.82. The quantitative estimate of drug-likeness (QED) is 0.131. The fourth-order valence-electron chi connectivity index (χ4n) is 5.07. The minimum absolute atomic E-state index is 0.198. The van der Waals surface area contributed by atoms with Crippen LogP contribution in [0.2, 0.25) is 0 Å². The van der Waals surface area contributed by atoms with Crippen LogP contribution in [0, 0.1) is 0 Å². The van der Waals surface area contributed by atoms with Gasteiger partial charge in [0.05, 0.1) is 12.2 Å². The Morgan fingerprint density at radius 1 is 0.902 bits per heavy atom. The highest BCUT2D eigenvalue weighted by atomic mass is 16.5. The molecule has 0 unspecified atom stereocenters. The number of nitrogens with one attached hydrogen (secondary N) is 1. The molecule has 0 amide bonds. The van der Waals surface area contributed by atoms with Gasteiger partial charge in [0.25, 0.3) is 0 Å². The molecule has 0 atom stereocenters. The fourth-order valence-corrected chi connectivity index (χ4v) is 5.07. The molecule has 4 aromatic carbocycles. The number of allylic oxidation sites excluding steroid dienone is 1. The third kappa shape index (κ3) is 4.33. The van der Waals surface area contributed by atoms with Gasteiger partial charge in [-0.3, -0.25) is 4.79 Å². The van der Waals surface area contributed by atoms with E-state index in [-0.39, 0.29) is 22.9 Å². The van der Waals surface area contributed by atoms with E-state index in [1.165, 1.54) is 0 Å². The monoisotopic (exact) mass is 541 g/mol. The number of H-pyrrole nitrogens is 1. The van der Waals surface area contributed by atoms with E-state index >= 15 is 0 Å². The normalized spacial score (nSPS) is 13.5. The summed E-state index contributed by atoms with van der Waals surface area (Å²) < 4.78 is 23.6. The van der Waals surface area contributed by atoms with Crippen molar-refractivity contribution in [2.24, 2.45) is 0 Å². The molecule has 0 radical (unpaired) electrons. The molecule has 1 aliphatic heterocycles. The van der Waals surface area contributed by atoms with Gasteiger partial charge in [-0.2, -0.15) is 0 Å². The second kappa shape index (κ2) is 9.88. The van der Waals surface area contributed by atoms with Gasteiger partial charge in [0.2, 0.25) is 5.78 Å². The number of aromatic nitrogens is 1. The van der Waals surface area contributed by atoms with Crippen LogP contribution in [-0.2, 0) is 0 Å². The molecule has 6 aromatic rings. The summed E-state index contributed by atoms with van der Waals surface area (Å²) >= 11 is 0. The Morgan fingerprint density at radius 3 is 2.56 bits per heavy atom. The minimum Gasteiger partial charge on any atom is -0.494 e. The van der Waals surface area contributed by atoms with Crippen molar-refractivity contribution in [1.29, 1.82) is 0 Å². The van der Waals surface area contributed by atoms with Crippen LogP contribution in [0.5, 0.6) is 17.2 Å². The highest BCUT2D eigenvalue weighted by molar-refractivity contribution is 6.15. The standard InChI is InChI=1S/C34H23NO6/c1-2-38-22-13-15-28-26(17-22)31(33(41-28)20-8-4-3-5-9-20)34(37)39-23-12-14-25-29(18-23)40-30(32(25)36)16-21-19-35-27-11-7-6-10-24(21)27/h3-19,35H,2H2,1H3. The number of esters is 1. The zero-order chi connectivity index (χ0) is 27.9. The molecule has 0 fully saturated rings. The van der Waals surface area contributed by atoms with Gasteiger partial charge < -0.3 is 23.6 Å². The Balaban J connectivity index is 1.22. The van der Waals surface area contributed by atoms with Crippen molar-refractivity contribution < 1.29 is 28.2 Å². The van der Waals surface area contributed by atoms with E-state index in [0.29, 0.717) is 40.4 Å². The summed E-state index contributed by atoms with van der Waals surface area (Å²) in [5, 5.41) is 1.56. The number of hydrogen-bond acceptors (Lipinski definition) is 6. The first-order chi connectivity index (χ1) is 20.1. The number of ketones is 1. The lowest BCUT2D eigenvalue weighted by Crippen LogP contribution is -2.09. The van der Waals surface area contributed by atoms with Crippen LogP contribution in [0.3, 0.4) is 0 Å². The van der Waals surface area contributed by atoms with Crippen molar-refractivity contribution in [2.45, 2.75) is 6.92 Å². The van der Waals surface area contributed by atoms with Crippen LogP contribution in [0.15, 0.2) is 107 Å². The first-order valence-corrected chi connectivity index (χ1v) is 13.2. The number of rotatable bonds is 6. The predicted molar refractivity (Wildman–Crippen MR) is 155 cm³/mol. The van der Waals surface area contributed by atoms with Crippen LogP contribution in [0.1, 0.15) is 33.2 Å². The highest BCUT2D eigenvalue weighted by Gasteiger charge is 2.29. The number of fused-ring (bicyclic) bond motifs is 3. The zero-order valence-electron chi connectivity index (χ0n) is 22.0. The van der Waals surface area contributed by atoms with E-state index in [4.69, 9.17) is 18.6 Å². The molecule has 0 spiro atoms. The third-order valence-electron chi connectivity index (χ3n) is 6.97. The average Bonchev–Trinajstić information content (AvgIpc) is 3.67. The maximum absolute atomic E-state index is 13.7. The molecule has 41 heavy (non-hydrogen) atoms. The topological polar surface area (TPSA) is 90.8 Å². The SMILES string of the molecule is CCOc1ccc2oc(-c3ccccc3)c(C(=O)Oc3ccc4c(c3)OC(=Cc3c[nH]c5ccccc35)C4=O)c2c1. The lowest BCUT2D eigenvalue weighted by Gasteiger charge is -2.07. The summed E-state index contributed by atoms with van der Waals surface area (Å²) in [5.74, 6) is 0.941. The Hall–Kier alpha value is -5.56. The van der Waals surface area contributed by atoms with Crippen LogP contribution in [0.4, 0.5) is 0 Å². The van der Waals surface area contributed by atoms with E-state index in [2.05, 4.69) is 4.98 Å². The van der Waals surface area contributed by atoms with E-state index in [1.807, 2.05) is 67.7 Å². The molecule has 200 valence electrons. The smallest absolute Gasteiger partial charge is 0.348 e. The van der Waals surface area contributed by atoms with Gasteiger partial charge in [0.15, 0.2) is 5.76 Å². The molecule has 2 aromatic heterocycles. The van der Waals surface area contributed by atoms with E-state index in [1.54, 1.807) is 42.5 Å². The molecule has 0 saturated carbocycles. The molecular weight excluding hydrogens is 518 g/mol. The number of benzene rings is 4. The van der Waals surface area contributed by atoms with Crippen molar-refractivity contribution >= 4 is 39.7 Å². The zero-order valence-corrected chi connectivity index (χ0v) is 22.0. The molecule has 7 nitrogen and oxygen atoms in total. The summed E-state index contributed by atoms with van der Waals surface area (Å²) in [4.78, 5) is 29.9. The van der Waals surface area contributed by atoms with Crippen LogP contribution in [0.25, 0.3) is 39.3 Å². The van der Waals surface area contributed by atoms with Gasteiger partial charge >= 0.3 is 5.97 Å². The molecule has 0 aliphatic carbocycles. The van der Waals surface area contributed by atoms with Gasteiger partial charge in [-0.1, -0.05) is 48.5 Å². The van der Waals surface area contributed by atoms with Crippen molar-refractivity contribution in [2.75, 3.05) is 6.61 Å². The van der Waals surface area contributed by atoms with Gasteiger partial charge in [-0.15, -0.1) is 0 Å². The summed E-state index contributed by atoms with van der Waals surface area (Å²) in [6.45, 7) is 2.38. The van der Waals surface area contributed by atoms with Gasteiger partial charge in [0, 0.05) is 39.7 Å². The Bertz CT molecular complexity index is 2000. The summed E-state index contributed by atoms with van der Waals surface area (Å²) in [7, 11) is 0. The summed E-state index contributed by atoms with van der Waals surface area (Å²) in [6.07, 6.45) is 3.55. The van der Waals surface area contributed by atoms with Crippen LogP contribution < -0.4 is 14.2 Å². The molecular formula is C34H23NO6. The maximum Gasteiger partial charge on any atom is 0.348 e. The largest absolute Gasteiger partial charge is 0.494 e. The molecule has 7 rings (SSSR count). The highest BCUT2D eigenvalue weighted by Crippen LogP contribution is 2.38. The maximum atomic E-state index is 13.7. The Morgan fingerprint density at radius 2 is 1.71 bits per heavy atom. The Kier molecular flexibility index (Phi) is 5.90. The number of hydrogen-bond donors (Lipinski definition) is 1. The molecule has 3 heterocycles. The van der Waals surface area contributed by atoms with Gasteiger partial charge in [0.1, 0.15) is 34.2 Å². The third-order valence-corrected chi connectivity index (χ3v) is 6.97. The van der Waals surface area contributed by atoms with Crippen molar-refractivity contribution in [3.63, 3.8) is 0 Å². The second-order valence-corrected chi connectivity index (χ2v) is 9.54. The summed E-state index contributed by atoms with van der Waals surface area (Å²) in [5.41, 5.74) is 3.76. The summed E-state index contributed by atoms with van der Waals surface area (Å²) in [6, 6.07) is 27.3. The molecule has 0 saturated heterocycles. The van der Waals surface area contributed by atoms with Crippen LogP contribution in [-0.4, -0.2) is 23.3 Å². The fraction of sp³-hybridized carbons (Fsp3) is 0.0588. The molecule has 0 bridgehead atoms. The van der Waals surface area contributed by atoms with Crippen molar-refractivity contribution in [3.8, 4) is 28.6 Å². The number of furan rings is 1. The van der Waals surface area contributed by atoms with E-state index < -0.39 is 5.97 Å². The average molecular weight is 542 g/mol. The molecule has 1 N–H and O–H groups in total. The number of Topliss-reactive ketones (excluding diaryl/α,β-unsaturated/α-hetero) is 1. The number of aromatic amines is 1. The van der Waals surface area contributed by atoms with Gasteiger partial charge in [-0.05, 0) is 49.4 Å².